The third kappa shape index (κ3) is 3.39. The Bertz CT molecular complexity index is 551. The first-order valence-electron chi connectivity index (χ1n) is 6.31. The van der Waals surface area contributed by atoms with E-state index in [0.29, 0.717) is 12.0 Å². The number of hydrogen-bond acceptors (Lipinski definition) is 2. The highest BCUT2D eigenvalue weighted by Gasteiger charge is 2.16. The summed E-state index contributed by atoms with van der Waals surface area (Å²) in [7, 11) is 0. The molecule has 19 heavy (non-hydrogen) atoms. The maximum atomic E-state index is 13.7. The zero-order valence-corrected chi connectivity index (χ0v) is 11.9. The number of aryl methyl sites for hydroxylation is 1. The van der Waals surface area contributed by atoms with E-state index < -0.39 is 11.6 Å². The first-order valence-corrected chi connectivity index (χ1v) is 7.26. The van der Waals surface area contributed by atoms with E-state index in [4.69, 9.17) is 0 Å². The molecule has 1 unspecified atom stereocenters. The fourth-order valence-corrected chi connectivity index (χ4v) is 3.08. The minimum atomic E-state index is -0.534. The van der Waals surface area contributed by atoms with Crippen molar-refractivity contribution in [3.8, 4) is 0 Å². The summed E-state index contributed by atoms with van der Waals surface area (Å²) in [5.74, 6) is -1.01. The van der Waals surface area contributed by atoms with Crippen molar-refractivity contribution < 1.29 is 8.78 Å². The van der Waals surface area contributed by atoms with Gasteiger partial charge in [-0.05, 0) is 53.4 Å². The molecule has 4 heteroatoms. The summed E-state index contributed by atoms with van der Waals surface area (Å²) < 4.78 is 26.6. The zero-order valence-electron chi connectivity index (χ0n) is 11.0. The van der Waals surface area contributed by atoms with E-state index in [1.807, 2.05) is 6.92 Å². The van der Waals surface area contributed by atoms with Crippen LogP contribution in [0.3, 0.4) is 0 Å². The highest BCUT2D eigenvalue weighted by Crippen LogP contribution is 2.26. The summed E-state index contributed by atoms with van der Waals surface area (Å²) in [5, 5.41) is 7.53. The molecule has 2 rings (SSSR count). The van der Waals surface area contributed by atoms with E-state index in [2.05, 4.69) is 23.0 Å². The van der Waals surface area contributed by atoms with Crippen LogP contribution in [0.4, 0.5) is 8.78 Å². The average molecular weight is 281 g/mol. The predicted octanol–water partition coefficient (Wildman–Crippen LogP) is 4.23. The zero-order chi connectivity index (χ0) is 13.8. The Balaban J connectivity index is 2.24. The topological polar surface area (TPSA) is 12.0 Å². The van der Waals surface area contributed by atoms with Gasteiger partial charge in [0.1, 0.15) is 11.6 Å². The normalized spacial score (nSPS) is 12.6. The summed E-state index contributed by atoms with van der Waals surface area (Å²) in [5.41, 5.74) is 2.94. The van der Waals surface area contributed by atoms with Gasteiger partial charge < -0.3 is 5.32 Å². The maximum Gasteiger partial charge on any atom is 0.129 e. The highest BCUT2D eigenvalue weighted by atomic mass is 32.1. The maximum absolute atomic E-state index is 13.7. The molecule has 0 fully saturated rings. The lowest BCUT2D eigenvalue weighted by Gasteiger charge is -2.18. The third-order valence-corrected chi connectivity index (χ3v) is 4.04. The number of hydrogen-bond donors (Lipinski definition) is 1. The van der Waals surface area contributed by atoms with Crippen molar-refractivity contribution in [3.63, 3.8) is 0 Å². The summed E-state index contributed by atoms with van der Waals surface area (Å²) >= 11 is 1.64. The molecule has 0 aliphatic heterocycles. The van der Waals surface area contributed by atoms with Crippen molar-refractivity contribution in [3.05, 3.63) is 57.3 Å². The van der Waals surface area contributed by atoms with Crippen molar-refractivity contribution in [1.29, 1.82) is 0 Å². The quantitative estimate of drug-likeness (QED) is 0.865. The molecule has 2 aromatic rings. The van der Waals surface area contributed by atoms with Crippen LogP contribution in [0.2, 0.25) is 0 Å². The Labute approximate surface area is 116 Å². The van der Waals surface area contributed by atoms with Gasteiger partial charge in [0.15, 0.2) is 0 Å². The lowest BCUT2D eigenvalue weighted by molar-refractivity contribution is 0.520. The molecule has 0 spiro atoms. The molecule has 1 nitrogen and oxygen atoms in total. The van der Waals surface area contributed by atoms with Crippen LogP contribution < -0.4 is 5.32 Å². The second kappa shape index (κ2) is 6.26. The van der Waals surface area contributed by atoms with Gasteiger partial charge in [-0.3, -0.25) is 0 Å². The number of nitrogens with one attached hydrogen (secondary N) is 1. The lowest BCUT2D eigenvalue weighted by atomic mass is 9.98. The van der Waals surface area contributed by atoms with Crippen molar-refractivity contribution in [1.82, 2.24) is 5.32 Å². The molecule has 1 heterocycles. The molecular weight excluding hydrogens is 264 g/mol. The second-order valence-corrected chi connectivity index (χ2v) is 5.30. The van der Waals surface area contributed by atoms with Gasteiger partial charge >= 0.3 is 0 Å². The Morgan fingerprint density at radius 3 is 2.63 bits per heavy atom. The molecule has 0 bridgehead atoms. The van der Waals surface area contributed by atoms with E-state index in [0.717, 1.165) is 12.6 Å². The minimum absolute atomic E-state index is 0.0659. The summed E-state index contributed by atoms with van der Waals surface area (Å²) in [4.78, 5) is 0. The van der Waals surface area contributed by atoms with Crippen molar-refractivity contribution in [2.24, 2.45) is 0 Å². The first-order chi connectivity index (χ1) is 9.11. The van der Waals surface area contributed by atoms with Crippen LogP contribution in [0.25, 0.3) is 0 Å². The fraction of sp³-hybridized carbons (Fsp3) is 0.333. The molecule has 1 aromatic heterocycles. The van der Waals surface area contributed by atoms with Gasteiger partial charge in [0.2, 0.25) is 0 Å². The SMILES string of the molecule is CCNC(Cc1ccc(F)cc1F)c1cscc1C. The van der Waals surface area contributed by atoms with Gasteiger partial charge in [-0.25, -0.2) is 8.78 Å². The van der Waals surface area contributed by atoms with Gasteiger partial charge in [0, 0.05) is 12.1 Å². The standard InChI is InChI=1S/C15H17F2NS/c1-3-18-15(13-9-19-8-10(13)2)6-11-4-5-12(16)7-14(11)17/h4-5,7-9,15,18H,3,6H2,1-2H3. The summed E-state index contributed by atoms with van der Waals surface area (Å²) in [6.07, 6.45) is 0.525. The summed E-state index contributed by atoms with van der Waals surface area (Å²) in [6, 6.07) is 3.84. The van der Waals surface area contributed by atoms with Crippen LogP contribution in [0.15, 0.2) is 29.0 Å². The minimum Gasteiger partial charge on any atom is -0.310 e. The molecule has 1 aromatic carbocycles. The molecule has 0 saturated heterocycles. The molecule has 102 valence electrons. The number of thiophene rings is 1. The molecule has 0 aliphatic carbocycles. The number of halogens is 2. The lowest BCUT2D eigenvalue weighted by Crippen LogP contribution is -2.23. The van der Waals surface area contributed by atoms with Gasteiger partial charge in [-0.2, -0.15) is 11.3 Å². The van der Waals surface area contributed by atoms with Gasteiger partial charge in [0.25, 0.3) is 0 Å². The molecule has 0 aliphatic rings. The molecule has 1 atom stereocenters. The van der Waals surface area contributed by atoms with E-state index in [-0.39, 0.29) is 6.04 Å². The van der Waals surface area contributed by atoms with Crippen molar-refractivity contribution in [2.45, 2.75) is 26.3 Å². The molecule has 0 radical (unpaired) electrons. The van der Waals surface area contributed by atoms with Crippen LogP contribution in [-0.2, 0) is 6.42 Å². The van der Waals surface area contributed by atoms with Gasteiger partial charge in [0.05, 0.1) is 0 Å². The van der Waals surface area contributed by atoms with Crippen LogP contribution in [0, 0.1) is 18.6 Å². The van der Waals surface area contributed by atoms with Crippen LogP contribution in [0.1, 0.15) is 29.7 Å². The molecular formula is C15H17F2NS. The van der Waals surface area contributed by atoms with E-state index in [9.17, 15) is 8.78 Å². The van der Waals surface area contributed by atoms with Crippen LogP contribution in [0.5, 0.6) is 0 Å². The first kappa shape index (κ1) is 14.2. The summed E-state index contributed by atoms with van der Waals surface area (Å²) in [6.45, 7) is 4.88. The molecule has 0 saturated carbocycles. The van der Waals surface area contributed by atoms with E-state index >= 15 is 0 Å². The smallest absolute Gasteiger partial charge is 0.129 e. The number of rotatable bonds is 5. The predicted molar refractivity (Wildman–Crippen MR) is 75.5 cm³/mol. The van der Waals surface area contributed by atoms with E-state index in [1.54, 1.807) is 11.3 Å². The Morgan fingerprint density at radius 1 is 1.26 bits per heavy atom. The van der Waals surface area contributed by atoms with Crippen molar-refractivity contribution in [2.75, 3.05) is 6.54 Å². The highest BCUT2D eigenvalue weighted by molar-refractivity contribution is 7.08. The average Bonchev–Trinajstić information content (AvgIpc) is 2.78. The monoisotopic (exact) mass is 281 g/mol. The van der Waals surface area contributed by atoms with E-state index in [1.165, 1.54) is 23.3 Å². The molecule has 0 amide bonds. The number of benzene rings is 1. The van der Waals surface area contributed by atoms with Crippen LogP contribution >= 0.6 is 11.3 Å². The third-order valence-electron chi connectivity index (χ3n) is 3.16. The van der Waals surface area contributed by atoms with Gasteiger partial charge in [-0.1, -0.05) is 13.0 Å². The Hall–Kier alpha value is -1.26. The van der Waals surface area contributed by atoms with Crippen LogP contribution in [-0.4, -0.2) is 6.54 Å². The second-order valence-electron chi connectivity index (χ2n) is 4.56. The van der Waals surface area contributed by atoms with Gasteiger partial charge in [-0.15, -0.1) is 0 Å². The number of likely N-dealkylation sites (N-methyl/N-ethyl adjacent to an activating group) is 1. The Kier molecular flexibility index (Phi) is 4.66. The molecule has 1 N–H and O–H groups in total. The fourth-order valence-electron chi connectivity index (χ4n) is 2.17. The Morgan fingerprint density at radius 2 is 2.05 bits per heavy atom. The van der Waals surface area contributed by atoms with Crippen molar-refractivity contribution >= 4 is 11.3 Å². The largest absolute Gasteiger partial charge is 0.310 e.